The molecule has 1 atom stereocenters. The molecule has 1 amide bonds. The van der Waals surface area contributed by atoms with Crippen molar-refractivity contribution in [2.24, 2.45) is 0 Å². The number of carbonyl (C=O) groups is 1. The van der Waals surface area contributed by atoms with Gasteiger partial charge in [0.25, 0.3) is 5.91 Å². The van der Waals surface area contributed by atoms with Gasteiger partial charge in [0.1, 0.15) is 0 Å². The van der Waals surface area contributed by atoms with Gasteiger partial charge in [0.15, 0.2) is 11.2 Å². The van der Waals surface area contributed by atoms with Gasteiger partial charge >= 0.3 is 0 Å². The summed E-state index contributed by atoms with van der Waals surface area (Å²) < 4.78 is 12.3. The first kappa shape index (κ1) is 17.1. The number of hydrogen-bond donors (Lipinski definition) is 0. The lowest BCUT2D eigenvalue weighted by Gasteiger charge is -2.36. The van der Waals surface area contributed by atoms with Crippen LogP contribution in [0.15, 0.2) is 23.1 Å². The number of thioether (sulfide) groups is 1. The van der Waals surface area contributed by atoms with Crippen LogP contribution in [0.3, 0.4) is 0 Å². The minimum atomic E-state index is -0.418. The van der Waals surface area contributed by atoms with Crippen LogP contribution in [0.5, 0.6) is 0 Å². The number of benzene rings is 1. The number of carbonyl (C=O) groups excluding carboxylic acids is 1. The number of hydrogen-bond acceptors (Lipinski definition) is 7. The molecule has 0 saturated carbocycles. The number of fused-ring (bicyclic) bond motifs is 1. The van der Waals surface area contributed by atoms with Crippen LogP contribution in [-0.4, -0.2) is 74.2 Å². The highest BCUT2D eigenvalue weighted by molar-refractivity contribution is 7.98. The van der Waals surface area contributed by atoms with E-state index in [2.05, 4.69) is 29.4 Å². The number of nitrogens with zero attached hydrogens (tertiary/aromatic N) is 3. The Labute approximate surface area is 155 Å². The standard InChI is InChI=1S/C17H21N3O3S2/c1-24-13-3-2-4-14-15(13)18-17(25-14)20-7-10-23-12(11-20)16(21)19-5-8-22-9-6-19/h2-4,12H,5-11H2,1H3. The quantitative estimate of drug-likeness (QED) is 0.761. The van der Waals surface area contributed by atoms with Crippen LogP contribution in [0.1, 0.15) is 0 Å². The van der Waals surface area contributed by atoms with Crippen LogP contribution in [0.25, 0.3) is 10.2 Å². The molecule has 2 aromatic rings. The van der Waals surface area contributed by atoms with Gasteiger partial charge < -0.3 is 19.3 Å². The Hall–Kier alpha value is -1.35. The second kappa shape index (κ2) is 7.49. The smallest absolute Gasteiger partial charge is 0.253 e. The SMILES string of the molecule is CSc1cccc2sc(N3CCOC(C(=O)N4CCOCC4)C3)nc12. The van der Waals surface area contributed by atoms with Crippen molar-refractivity contribution in [1.82, 2.24) is 9.88 Å². The summed E-state index contributed by atoms with van der Waals surface area (Å²) in [6.45, 7) is 4.39. The maximum Gasteiger partial charge on any atom is 0.253 e. The summed E-state index contributed by atoms with van der Waals surface area (Å²) in [5, 5.41) is 0.972. The summed E-state index contributed by atoms with van der Waals surface area (Å²) in [4.78, 5) is 22.8. The van der Waals surface area contributed by atoms with Gasteiger partial charge in [0, 0.05) is 24.5 Å². The van der Waals surface area contributed by atoms with E-state index >= 15 is 0 Å². The largest absolute Gasteiger partial charge is 0.378 e. The van der Waals surface area contributed by atoms with Crippen LogP contribution in [0.4, 0.5) is 5.13 Å². The van der Waals surface area contributed by atoms with E-state index < -0.39 is 6.10 Å². The van der Waals surface area contributed by atoms with Crippen molar-refractivity contribution in [3.05, 3.63) is 18.2 Å². The second-order valence-corrected chi connectivity index (χ2v) is 7.90. The third-order valence-electron chi connectivity index (χ3n) is 4.53. The summed E-state index contributed by atoms with van der Waals surface area (Å²) >= 11 is 3.39. The van der Waals surface area contributed by atoms with Gasteiger partial charge in [-0.15, -0.1) is 11.8 Å². The van der Waals surface area contributed by atoms with Crippen molar-refractivity contribution in [1.29, 1.82) is 0 Å². The normalized spacial score (nSPS) is 21.7. The molecule has 1 aromatic heterocycles. The Balaban J connectivity index is 1.52. The maximum absolute atomic E-state index is 12.7. The molecule has 6 nitrogen and oxygen atoms in total. The van der Waals surface area contributed by atoms with Gasteiger partial charge in [-0.3, -0.25) is 4.79 Å². The van der Waals surface area contributed by atoms with E-state index in [1.807, 2.05) is 4.90 Å². The zero-order valence-corrected chi connectivity index (χ0v) is 15.8. The zero-order chi connectivity index (χ0) is 17.2. The van der Waals surface area contributed by atoms with Gasteiger partial charge in [-0.25, -0.2) is 4.98 Å². The average Bonchev–Trinajstić information content (AvgIpc) is 3.12. The molecular weight excluding hydrogens is 358 g/mol. The molecule has 134 valence electrons. The monoisotopic (exact) mass is 379 g/mol. The molecule has 0 bridgehead atoms. The lowest BCUT2D eigenvalue weighted by molar-refractivity contribution is -0.148. The zero-order valence-electron chi connectivity index (χ0n) is 14.1. The summed E-state index contributed by atoms with van der Waals surface area (Å²) in [5.41, 5.74) is 1.05. The molecule has 1 aromatic carbocycles. The van der Waals surface area contributed by atoms with E-state index in [0.717, 1.165) is 17.2 Å². The number of anilines is 1. The molecule has 0 N–H and O–H groups in total. The Morgan fingerprint density at radius 1 is 1.28 bits per heavy atom. The molecule has 2 aliphatic heterocycles. The van der Waals surface area contributed by atoms with Crippen molar-refractivity contribution >= 4 is 44.4 Å². The van der Waals surface area contributed by atoms with Crippen LogP contribution < -0.4 is 4.90 Å². The fourth-order valence-corrected chi connectivity index (χ4v) is 4.83. The molecule has 0 spiro atoms. The van der Waals surface area contributed by atoms with Gasteiger partial charge in [0.2, 0.25) is 0 Å². The molecule has 25 heavy (non-hydrogen) atoms. The topological polar surface area (TPSA) is 54.9 Å². The van der Waals surface area contributed by atoms with Crippen molar-refractivity contribution < 1.29 is 14.3 Å². The van der Waals surface area contributed by atoms with Crippen LogP contribution in [0, 0.1) is 0 Å². The lowest BCUT2D eigenvalue weighted by Crippen LogP contribution is -2.53. The number of rotatable bonds is 3. The molecule has 0 aliphatic carbocycles. The summed E-state index contributed by atoms with van der Waals surface area (Å²) in [6.07, 6.45) is 1.65. The van der Waals surface area contributed by atoms with Crippen molar-refractivity contribution in [3.63, 3.8) is 0 Å². The van der Waals surface area contributed by atoms with Crippen LogP contribution in [-0.2, 0) is 14.3 Å². The molecule has 8 heteroatoms. The third kappa shape index (κ3) is 3.48. The Morgan fingerprint density at radius 3 is 2.92 bits per heavy atom. The van der Waals surface area contributed by atoms with Gasteiger partial charge in [-0.2, -0.15) is 0 Å². The van der Waals surface area contributed by atoms with Gasteiger partial charge in [0.05, 0.1) is 36.6 Å². The van der Waals surface area contributed by atoms with Crippen molar-refractivity contribution in [3.8, 4) is 0 Å². The Kier molecular flexibility index (Phi) is 5.12. The predicted octanol–water partition coefficient (Wildman–Crippen LogP) is 2.08. The van der Waals surface area contributed by atoms with E-state index in [-0.39, 0.29) is 5.91 Å². The van der Waals surface area contributed by atoms with E-state index in [4.69, 9.17) is 14.5 Å². The van der Waals surface area contributed by atoms with E-state index in [1.165, 1.54) is 9.60 Å². The molecule has 2 fully saturated rings. The number of thiazole rings is 1. The highest BCUT2D eigenvalue weighted by Crippen LogP contribution is 2.34. The first-order valence-corrected chi connectivity index (χ1v) is 10.5. The Bertz CT molecular complexity index is 761. The molecule has 2 aliphatic rings. The number of morpholine rings is 2. The minimum Gasteiger partial charge on any atom is -0.378 e. The van der Waals surface area contributed by atoms with E-state index in [9.17, 15) is 4.79 Å². The van der Waals surface area contributed by atoms with Gasteiger partial charge in [-0.05, 0) is 18.4 Å². The lowest BCUT2D eigenvalue weighted by atomic mass is 10.2. The van der Waals surface area contributed by atoms with E-state index in [0.29, 0.717) is 39.5 Å². The maximum atomic E-state index is 12.7. The van der Waals surface area contributed by atoms with E-state index in [1.54, 1.807) is 23.1 Å². The van der Waals surface area contributed by atoms with Crippen molar-refractivity contribution in [2.75, 3.05) is 57.2 Å². The first-order chi connectivity index (χ1) is 12.3. The molecule has 0 radical (unpaired) electrons. The molecule has 4 rings (SSSR count). The molecular formula is C17H21N3O3S2. The second-order valence-electron chi connectivity index (χ2n) is 6.05. The highest BCUT2D eigenvalue weighted by atomic mass is 32.2. The molecule has 2 saturated heterocycles. The molecule has 3 heterocycles. The fourth-order valence-electron chi connectivity index (χ4n) is 3.17. The highest BCUT2D eigenvalue weighted by Gasteiger charge is 2.32. The molecule has 1 unspecified atom stereocenters. The number of ether oxygens (including phenoxy) is 2. The minimum absolute atomic E-state index is 0.0684. The van der Waals surface area contributed by atoms with Crippen molar-refractivity contribution in [2.45, 2.75) is 11.0 Å². The summed E-state index contributed by atoms with van der Waals surface area (Å²) in [7, 11) is 0. The van der Waals surface area contributed by atoms with Crippen LogP contribution in [0.2, 0.25) is 0 Å². The predicted molar refractivity (Wildman–Crippen MR) is 101 cm³/mol. The van der Waals surface area contributed by atoms with Gasteiger partial charge in [-0.1, -0.05) is 17.4 Å². The number of para-hydroxylation sites is 1. The Morgan fingerprint density at radius 2 is 2.12 bits per heavy atom. The number of amides is 1. The van der Waals surface area contributed by atoms with Crippen LogP contribution >= 0.6 is 23.1 Å². The first-order valence-electron chi connectivity index (χ1n) is 8.43. The summed E-state index contributed by atoms with van der Waals surface area (Å²) in [5.74, 6) is 0.0684. The average molecular weight is 380 g/mol. The fraction of sp³-hybridized carbons (Fsp3) is 0.529. The number of aromatic nitrogens is 1. The summed E-state index contributed by atoms with van der Waals surface area (Å²) in [6, 6.07) is 6.27. The third-order valence-corrected chi connectivity index (χ3v) is 6.38.